The number of halogens is 1. The highest BCUT2D eigenvalue weighted by Crippen LogP contribution is 2.22. The van der Waals surface area contributed by atoms with E-state index in [4.69, 9.17) is 15.2 Å². The number of hydrogen-bond acceptors (Lipinski definition) is 12. The molecular weight excluding hydrogens is 612 g/mol. The first kappa shape index (κ1) is 32.6. The van der Waals surface area contributed by atoms with Crippen LogP contribution >= 0.6 is 15.9 Å². The van der Waals surface area contributed by atoms with Crippen molar-refractivity contribution >= 4 is 44.8 Å². The fourth-order valence-corrected chi connectivity index (χ4v) is 4.67. The molecule has 0 spiro atoms. The molecule has 15 heteroatoms. The van der Waals surface area contributed by atoms with Crippen molar-refractivity contribution in [1.29, 1.82) is 0 Å². The minimum atomic E-state index is -0.535. The average Bonchev–Trinajstić information content (AvgIpc) is 3.02. The van der Waals surface area contributed by atoms with Crippen LogP contribution in [0, 0.1) is 20.2 Å². The minimum Gasteiger partial charge on any atom is -0.384 e. The summed E-state index contributed by atoms with van der Waals surface area (Å²) in [6.07, 6.45) is 9.66. The summed E-state index contributed by atoms with van der Waals surface area (Å²) in [5.41, 5.74) is 7.64. The van der Waals surface area contributed by atoms with Crippen molar-refractivity contribution in [2.45, 2.75) is 37.9 Å². The quantitative estimate of drug-likeness (QED) is 0.290. The summed E-state index contributed by atoms with van der Waals surface area (Å²) >= 11 is 3.11. The van der Waals surface area contributed by atoms with Gasteiger partial charge in [0, 0.05) is 52.5 Å². The van der Waals surface area contributed by atoms with Gasteiger partial charge in [-0.15, -0.1) is 0 Å². The van der Waals surface area contributed by atoms with Crippen LogP contribution in [0.5, 0.6) is 0 Å². The number of anilines is 3. The summed E-state index contributed by atoms with van der Waals surface area (Å²) in [4.78, 5) is 35.4. The Morgan fingerprint density at radius 3 is 1.50 bits per heavy atom. The summed E-state index contributed by atoms with van der Waals surface area (Å²) in [6.45, 7) is 3.87. The van der Waals surface area contributed by atoms with E-state index in [1.807, 2.05) is 18.3 Å². The number of nitro groups is 2. The molecule has 42 heavy (non-hydrogen) atoms. The Bertz CT molecular complexity index is 1250. The van der Waals surface area contributed by atoms with Crippen molar-refractivity contribution in [3.63, 3.8) is 0 Å². The van der Waals surface area contributed by atoms with Crippen molar-refractivity contribution in [3.05, 3.63) is 79.7 Å². The number of rotatable bonds is 6. The van der Waals surface area contributed by atoms with Gasteiger partial charge in [-0.25, -0.2) is 4.98 Å². The molecular formula is C27H35BrN8O6. The third kappa shape index (κ3) is 10.2. The number of methoxy groups -OCH3 is 2. The molecule has 3 aromatic heterocycles. The molecule has 2 N–H and O–H groups in total. The normalized spacial score (nSPS) is 15.6. The second-order valence-corrected chi connectivity index (χ2v) is 10.4. The van der Waals surface area contributed by atoms with Gasteiger partial charge in [-0.2, -0.15) is 0 Å². The molecule has 0 aromatic carbocycles. The lowest BCUT2D eigenvalue weighted by atomic mass is 10.1. The molecule has 14 nitrogen and oxygen atoms in total. The molecule has 2 aliphatic heterocycles. The van der Waals surface area contributed by atoms with E-state index in [9.17, 15) is 20.2 Å². The van der Waals surface area contributed by atoms with Crippen molar-refractivity contribution in [1.82, 2.24) is 15.0 Å². The Kier molecular flexibility index (Phi) is 12.8. The molecule has 0 radical (unpaired) electrons. The van der Waals surface area contributed by atoms with Crippen molar-refractivity contribution in [3.8, 4) is 0 Å². The van der Waals surface area contributed by atoms with E-state index in [1.165, 1.54) is 18.3 Å². The fraction of sp³-hybridized carbons (Fsp3) is 0.444. The van der Waals surface area contributed by atoms with Crippen LogP contribution in [0.2, 0.25) is 0 Å². The zero-order valence-corrected chi connectivity index (χ0v) is 25.1. The van der Waals surface area contributed by atoms with E-state index in [0.29, 0.717) is 18.0 Å². The molecule has 0 aliphatic carbocycles. The number of aromatic nitrogens is 3. The van der Waals surface area contributed by atoms with Crippen LogP contribution in [0.1, 0.15) is 25.7 Å². The highest BCUT2D eigenvalue weighted by molar-refractivity contribution is 9.10. The van der Waals surface area contributed by atoms with Crippen LogP contribution < -0.4 is 15.5 Å². The second kappa shape index (κ2) is 16.5. The topological polar surface area (TPSA) is 176 Å². The largest absolute Gasteiger partial charge is 0.384 e. The molecule has 2 fully saturated rings. The molecule has 0 bridgehead atoms. The number of nitrogens with zero attached hydrogens (tertiary/aromatic N) is 7. The SMILES string of the molecule is COC1CCN(c2ccc(N)nc2)CC1.COC1CCN(c2ccc([N+](=O)[O-])nc2)CC1.O=[N+]([O-])c1ccc(Br)cn1. The Balaban J connectivity index is 0.000000179. The maximum atomic E-state index is 10.5. The molecule has 2 saturated heterocycles. The maximum absolute atomic E-state index is 10.5. The van der Waals surface area contributed by atoms with Gasteiger partial charge >= 0.3 is 11.6 Å². The smallest absolute Gasteiger partial charge is 0.363 e. The van der Waals surface area contributed by atoms with Gasteiger partial charge in [-0.1, -0.05) is 0 Å². The van der Waals surface area contributed by atoms with Crippen LogP contribution in [0.4, 0.5) is 28.8 Å². The predicted octanol–water partition coefficient (Wildman–Crippen LogP) is 4.64. The summed E-state index contributed by atoms with van der Waals surface area (Å²) in [5, 5.41) is 20.5. The van der Waals surface area contributed by atoms with Gasteiger partial charge in [0.15, 0.2) is 12.4 Å². The maximum Gasteiger partial charge on any atom is 0.363 e. The number of hydrogen-bond donors (Lipinski definition) is 1. The van der Waals surface area contributed by atoms with E-state index in [0.717, 1.165) is 67.7 Å². The molecule has 5 heterocycles. The third-order valence-corrected chi connectivity index (χ3v) is 7.34. The number of ether oxygens (including phenoxy) is 2. The van der Waals surface area contributed by atoms with Crippen LogP contribution in [0.3, 0.4) is 0 Å². The average molecular weight is 648 g/mol. The molecule has 226 valence electrons. The first-order valence-electron chi connectivity index (χ1n) is 13.3. The zero-order valence-electron chi connectivity index (χ0n) is 23.5. The minimum absolute atomic E-state index is 0.111. The lowest BCUT2D eigenvalue weighted by Crippen LogP contribution is -2.36. The van der Waals surface area contributed by atoms with Gasteiger partial charge in [-0.05, 0) is 85.7 Å². The molecule has 0 amide bonds. The molecule has 0 saturated carbocycles. The summed E-state index contributed by atoms with van der Waals surface area (Å²) in [7, 11) is 3.51. The molecule has 2 aliphatic rings. The van der Waals surface area contributed by atoms with Crippen LogP contribution in [0.25, 0.3) is 0 Å². The van der Waals surface area contributed by atoms with Gasteiger partial charge in [0.1, 0.15) is 5.82 Å². The van der Waals surface area contributed by atoms with E-state index in [1.54, 1.807) is 32.5 Å². The van der Waals surface area contributed by atoms with Crippen molar-refractivity contribution in [2.24, 2.45) is 0 Å². The number of nitrogens with two attached hydrogens (primary N) is 1. The van der Waals surface area contributed by atoms with E-state index < -0.39 is 9.85 Å². The number of nitrogen functional groups attached to an aromatic ring is 1. The Labute approximate surface area is 252 Å². The lowest BCUT2D eigenvalue weighted by Gasteiger charge is -2.32. The number of piperidine rings is 2. The first-order valence-corrected chi connectivity index (χ1v) is 14.1. The predicted molar refractivity (Wildman–Crippen MR) is 163 cm³/mol. The van der Waals surface area contributed by atoms with E-state index in [2.05, 4.69) is 40.7 Å². The Hall–Kier alpha value is -3.95. The zero-order chi connectivity index (χ0) is 30.5. The Morgan fingerprint density at radius 2 is 1.17 bits per heavy atom. The molecule has 3 aromatic rings. The van der Waals surface area contributed by atoms with Gasteiger partial charge in [0.25, 0.3) is 0 Å². The summed E-state index contributed by atoms with van der Waals surface area (Å²) < 4.78 is 11.4. The summed E-state index contributed by atoms with van der Waals surface area (Å²) in [6, 6.07) is 9.97. The highest BCUT2D eigenvalue weighted by atomic mass is 79.9. The van der Waals surface area contributed by atoms with Gasteiger partial charge in [0.2, 0.25) is 0 Å². The fourth-order valence-electron chi connectivity index (χ4n) is 4.43. The van der Waals surface area contributed by atoms with E-state index >= 15 is 0 Å². The third-order valence-electron chi connectivity index (χ3n) is 6.87. The standard InChI is InChI=1S/C11H15N3O3.C11H17N3O.C5H3BrN2O2/c1-17-10-4-6-13(7-5-10)9-2-3-11(12-8-9)14(15)16;1-15-10-4-6-14(7-5-10)9-2-3-11(12)13-8-9;6-4-1-2-5(7-3-4)8(9)10/h2-3,8,10H,4-7H2,1H3;2-3,8,10H,4-7H2,1H3,(H2,12,13);1-3H. The van der Waals surface area contributed by atoms with Crippen LogP contribution in [0.15, 0.2) is 59.5 Å². The summed E-state index contributed by atoms with van der Waals surface area (Å²) in [5.74, 6) is 0.328. The van der Waals surface area contributed by atoms with Gasteiger partial charge in [0.05, 0.1) is 34.3 Å². The Morgan fingerprint density at radius 1 is 0.738 bits per heavy atom. The van der Waals surface area contributed by atoms with Crippen LogP contribution in [-0.2, 0) is 9.47 Å². The van der Waals surface area contributed by atoms with Crippen molar-refractivity contribution in [2.75, 3.05) is 55.9 Å². The molecule has 0 unspecified atom stereocenters. The van der Waals surface area contributed by atoms with Gasteiger partial charge in [-0.3, -0.25) is 0 Å². The first-order chi connectivity index (χ1) is 20.2. The number of pyridine rings is 3. The monoisotopic (exact) mass is 646 g/mol. The van der Waals surface area contributed by atoms with Crippen molar-refractivity contribution < 1.29 is 19.3 Å². The molecule has 0 atom stereocenters. The highest BCUT2D eigenvalue weighted by Gasteiger charge is 2.21. The second-order valence-electron chi connectivity index (χ2n) is 9.51. The molecule has 5 rings (SSSR count). The van der Waals surface area contributed by atoms with E-state index in [-0.39, 0.29) is 11.6 Å². The van der Waals surface area contributed by atoms with Crippen LogP contribution in [-0.4, -0.2) is 77.4 Å². The lowest BCUT2D eigenvalue weighted by molar-refractivity contribution is -0.389. The van der Waals surface area contributed by atoms with Gasteiger partial charge < -0.3 is 45.2 Å².